The molecule has 0 saturated heterocycles. The highest BCUT2D eigenvalue weighted by atomic mass is 32.1. The predicted molar refractivity (Wildman–Crippen MR) is 86.5 cm³/mol. The van der Waals surface area contributed by atoms with E-state index in [0.717, 1.165) is 16.9 Å². The van der Waals surface area contributed by atoms with Gasteiger partial charge in [-0.1, -0.05) is 19.1 Å². The molecule has 1 heterocycles. The molecular weight excluding hydrogens is 268 g/mol. The molecule has 1 unspecified atom stereocenters. The van der Waals surface area contributed by atoms with E-state index in [9.17, 15) is 4.79 Å². The second kappa shape index (κ2) is 6.57. The third-order valence-electron chi connectivity index (χ3n) is 3.27. The summed E-state index contributed by atoms with van der Waals surface area (Å²) in [4.78, 5) is 12.8. The fraction of sp³-hybridized carbons (Fsp3) is 0.312. The van der Waals surface area contributed by atoms with E-state index in [4.69, 9.17) is 0 Å². The molecular formula is C16H20N2OS. The van der Waals surface area contributed by atoms with Crippen molar-refractivity contribution in [2.75, 3.05) is 10.6 Å². The highest BCUT2D eigenvalue weighted by Crippen LogP contribution is 2.28. The Morgan fingerprint density at radius 3 is 2.65 bits per heavy atom. The first-order chi connectivity index (χ1) is 9.61. The molecule has 2 rings (SSSR count). The number of hydrogen-bond donors (Lipinski definition) is 2. The fourth-order valence-electron chi connectivity index (χ4n) is 2.01. The minimum Gasteiger partial charge on any atom is -0.377 e. The van der Waals surface area contributed by atoms with Gasteiger partial charge >= 0.3 is 0 Å². The topological polar surface area (TPSA) is 41.1 Å². The quantitative estimate of drug-likeness (QED) is 0.845. The van der Waals surface area contributed by atoms with Crippen molar-refractivity contribution in [1.29, 1.82) is 0 Å². The minimum absolute atomic E-state index is 0.0385. The van der Waals surface area contributed by atoms with Gasteiger partial charge in [0.25, 0.3) is 0 Å². The maximum atomic E-state index is 11.5. The largest absolute Gasteiger partial charge is 0.377 e. The number of benzene rings is 1. The van der Waals surface area contributed by atoms with E-state index in [2.05, 4.69) is 35.1 Å². The van der Waals surface area contributed by atoms with Crippen molar-refractivity contribution >= 4 is 28.6 Å². The Morgan fingerprint density at radius 2 is 2.00 bits per heavy atom. The number of nitrogens with one attached hydrogen (secondary N) is 2. The molecule has 3 nitrogen and oxygen atoms in total. The SMILES string of the molecule is CCC(=O)Nc1cccc(NC(C)c2cccs2)c1C. The molecule has 0 saturated carbocycles. The van der Waals surface area contributed by atoms with E-state index < -0.39 is 0 Å². The number of carbonyl (C=O) groups excluding carboxylic acids is 1. The molecule has 1 aromatic heterocycles. The lowest BCUT2D eigenvalue weighted by atomic mass is 10.1. The summed E-state index contributed by atoms with van der Waals surface area (Å²) in [6.07, 6.45) is 0.489. The molecule has 0 aliphatic heterocycles. The van der Waals surface area contributed by atoms with Crippen LogP contribution in [0.2, 0.25) is 0 Å². The average molecular weight is 288 g/mol. The molecule has 1 atom stereocenters. The van der Waals surface area contributed by atoms with Crippen molar-refractivity contribution in [3.05, 3.63) is 46.2 Å². The molecule has 0 bridgehead atoms. The van der Waals surface area contributed by atoms with Crippen LogP contribution in [0, 0.1) is 6.92 Å². The van der Waals surface area contributed by atoms with Crippen molar-refractivity contribution in [3.63, 3.8) is 0 Å². The molecule has 0 radical (unpaired) electrons. The van der Waals surface area contributed by atoms with Crippen molar-refractivity contribution in [3.8, 4) is 0 Å². The number of amides is 1. The highest BCUT2D eigenvalue weighted by molar-refractivity contribution is 7.10. The Bertz CT molecular complexity index is 578. The number of hydrogen-bond acceptors (Lipinski definition) is 3. The van der Waals surface area contributed by atoms with Crippen molar-refractivity contribution < 1.29 is 4.79 Å². The Kier molecular flexibility index (Phi) is 4.79. The Morgan fingerprint density at radius 1 is 1.25 bits per heavy atom. The summed E-state index contributed by atoms with van der Waals surface area (Å²) < 4.78 is 0. The molecule has 1 aromatic carbocycles. The van der Waals surface area contributed by atoms with Gasteiger partial charge in [0.15, 0.2) is 0 Å². The monoisotopic (exact) mass is 288 g/mol. The molecule has 2 N–H and O–H groups in total. The van der Waals surface area contributed by atoms with Gasteiger partial charge in [-0.05, 0) is 43.0 Å². The lowest BCUT2D eigenvalue weighted by molar-refractivity contribution is -0.115. The summed E-state index contributed by atoms with van der Waals surface area (Å²) in [5.41, 5.74) is 3.00. The van der Waals surface area contributed by atoms with Crippen LogP contribution in [0.25, 0.3) is 0 Å². The third-order valence-corrected chi connectivity index (χ3v) is 4.33. The molecule has 106 valence electrons. The van der Waals surface area contributed by atoms with Crippen LogP contribution in [0.1, 0.15) is 36.8 Å². The summed E-state index contributed by atoms with van der Waals surface area (Å²) >= 11 is 1.74. The molecule has 20 heavy (non-hydrogen) atoms. The van der Waals surface area contributed by atoms with Crippen LogP contribution < -0.4 is 10.6 Å². The number of rotatable bonds is 5. The lowest BCUT2D eigenvalue weighted by Gasteiger charge is -2.18. The van der Waals surface area contributed by atoms with E-state index >= 15 is 0 Å². The normalized spacial score (nSPS) is 11.9. The second-order valence-corrected chi connectivity index (χ2v) is 5.74. The first-order valence-corrected chi connectivity index (χ1v) is 7.69. The summed E-state index contributed by atoms with van der Waals surface area (Å²) in [7, 11) is 0. The van der Waals surface area contributed by atoms with E-state index in [-0.39, 0.29) is 11.9 Å². The van der Waals surface area contributed by atoms with Crippen LogP contribution in [0.15, 0.2) is 35.7 Å². The van der Waals surface area contributed by atoms with Crippen LogP contribution >= 0.6 is 11.3 Å². The van der Waals surface area contributed by atoms with Gasteiger partial charge in [0.05, 0.1) is 6.04 Å². The van der Waals surface area contributed by atoms with Gasteiger partial charge in [0, 0.05) is 22.7 Å². The fourth-order valence-corrected chi connectivity index (χ4v) is 2.74. The van der Waals surface area contributed by atoms with Gasteiger partial charge in [0.2, 0.25) is 5.91 Å². The maximum absolute atomic E-state index is 11.5. The van der Waals surface area contributed by atoms with Gasteiger partial charge in [-0.25, -0.2) is 0 Å². The van der Waals surface area contributed by atoms with E-state index in [1.165, 1.54) is 4.88 Å². The third kappa shape index (κ3) is 3.39. The number of carbonyl (C=O) groups is 1. The van der Waals surface area contributed by atoms with Crippen LogP contribution in [-0.2, 0) is 4.79 Å². The van der Waals surface area contributed by atoms with Crippen LogP contribution in [-0.4, -0.2) is 5.91 Å². The van der Waals surface area contributed by atoms with Gasteiger partial charge in [-0.2, -0.15) is 0 Å². The first kappa shape index (κ1) is 14.6. The Balaban J connectivity index is 2.16. The van der Waals surface area contributed by atoms with Crippen molar-refractivity contribution in [2.24, 2.45) is 0 Å². The predicted octanol–water partition coefficient (Wildman–Crippen LogP) is 4.58. The smallest absolute Gasteiger partial charge is 0.224 e. The number of anilines is 2. The van der Waals surface area contributed by atoms with Crippen LogP contribution in [0.4, 0.5) is 11.4 Å². The molecule has 0 aliphatic rings. The summed E-state index contributed by atoms with van der Waals surface area (Å²) in [6.45, 7) is 6.02. The maximum Gasteiger partial charge on any atom is 0.224 e. The van der Waals surface area contributed by atoms with Gasteiger partial charge in [-0.3, -0.25) is 4.79 Å². The Hall–Kier alpha value is -1.81. The van der Waals surface area contributed by atoms with Crippen LogP contribution in [0.3, 0.4) is 0 Å². The molecule has 4 heteroatoms. The van der Waals surface area contributed by atoms with Crippen LogP contribution in [0.5, 0.6) is 0 Å². The van der Waals surface area contributed by atoms with Gasteiger partial charge < -0.3 is 10.6 Å². The van der Waals surface area contributed by atoms with Crippen molar-refractivity contribution in [2.45, 2.75) is 33.2 Å². The van der Waals surface area contributed by atoms with Crippen molar-refractivity contribution in [1.82, 2.24) is 0 Å². The zero-order chi connectivity index (χ0) is 14.5. The molecule has 1 amide bonds. The zero-order valence-electron chi connectivity index (χ0n) is 12.1. The molecule has 2 aromatic rings. The Labute approximate surface area is 124 Å². The van der Waals surface area contributed by atoms with Gasteiger partial charge in [-0.15, -0.1) is 11.3 Å². The molecule has 0 aliphatic carbocycles. The first-order valence-electron chi connectivity index (χ1n) is 6.81. The second-order valence-electron chi connectivity index (χ2n) is 4.76. The lowest BCUT2D eigenvalue weighted by Crippen LogP contribution is -2.12. The van der Waals surface area contributed by atoms with E-state index in [0.29, 0.717) is 6.42 Å². The summed E-state index contributed by atoms with van der Waals surface area (Å²) in [5.74, 6) is 0.0385. The molecule has 0 fully saturated rings. The number of thiophene rings is 1. The minimum atomic E-state index is 0.0385. The van der Waals surface area contributed by atoms with Gasteiger partial charge in [0.1, 0.15) is 0 Å². The average Bonchev–Trinajstić information content (AvgIpc) is 2.97. The highest BCUT2D eigenvalue weighted by Gasteiger charge is 2.10. The van der Waals surface area contributed by atoms with E-state index in [1.807, 2.05) is 32.0 Å². The van der Waals surface area contributed by atoms with E-state index in [1.54, 1.807) is 11.3 Å². The standard InChI is InChI=1S/C16H20N2OS/c1-4-16(19)18-14-8-5-7-13(11(14)2)17-12(3)15-9-6-10-20-15/h5-10,12,17H,4H2,1-3H3,(H,18,19). The molecule has 0 spiro atoms. The zero-order valence-corrected chi connectivity index (χ0v) is 12.9. The summed E-state index contributed by atoms with van der Waals surface area (Å²) in [6, 6.07) is 10.4. The summed E-state index contributed by atoms with van der Waals surface area (Å²) in [5, 5.41) is 8.52.